The van der Waals surface area contributed by atoms with Gasteiger partial charge in [-0.1, -0.05) is 12.1 Å². The van der Waals surface area contributed by atoms with E-state index in [1.54, 1.807) is 59.8 Å². The number of pyridine rings is 1. The van der Waals surface area contributed by atoms with E-state index in [-0.39, 0.29) is 17.8 Å². The Morgan fingerprint density at radius 1 is 1.00 bits per heavy atom. The van der Waals surface area contributed by atoms with Gasteiger partial charge in [0.1, 0.15) is 11.6 Å². The van der Waals surface area contributed by atoms with Crippen molar-refractivity contribution < 1.29 is 18.3 Å². The minimum absolute atomic E-state index is 0.0631. The Labute approximate surface area is 217 Å². The van der Waals surface area contributed by atoms with Gasteiger partial charge in [-0.15, -0.1) is 0 Å². The zero-order chi connectivity index (χ0) is 26.1. The van der Waals surface area contributed by atoms with Gasteiger partial charge in [0, 0.05) is 56.2 Å². The molecule has 1 N–H and O–H groups in total. The van der Waals surface area contributed by atoms with Crippen molar-refractivity contribution in [1.29, 1.82) is 0 Å². The van der Waals surface area contributed by atoms with Crippen molar-refractivity contribution in [3.8, 4) is 5.82 Å². The van der Waals surface area contributed by atoms with Crippen molar-refractivity contribution in [1.82, 2.24) is 29.4 Å². The van der Waals surface area contributed by atoms with Crippen LogP contribution < -0.4 is 10.2 Å². The van der Waals surface area contributed by atoms with Crippen molar-refractivity contribution in [2.45, 2.75) is 18.9 Å². The molecule has 196 valence electrons. The standard InChI is InChI=1S/C26H26F2N8O2/c27-23(28)24-31-19-3-1-2-4-20(19)36(24)22-15-21(34-11-13-38-14-12-34)32-26(33-22)30-18-7-10-35(16-18)25(37)17-5-8-29-9-6-17/h1-6,8-9,15,18,23H,7,10-14,16H2,(H,30,32,33)/t18-/m0/s1. The van der Waals surface area contributed by atoms with Crippen LogP contribution in [-0.2, 0) is 4.74 Å². The summed E-state index contributed by atoms with van der Waals surface area (Å²) in [6, 6.07) is 12.0. The Morgan fingerprint density at radius 2 is 1.76 bits per heavy atom. The first kappa shape index (κ1) is 24.2. The van der Waals surface area contributed by atoms with Crippen LogP contribution in [0, 0.1) is 0 Å². The number of morpholine rings is 1. The lowest BCUT2D eigenvalue weighted by atomic mass is 10.2. The quantitative estimate of drug-likeness (QED) is 0.413. The molecule has 12 heteroatoms. The molecule has 0 radical (unpaired) electrons. The Kier molecular flexibility index (Phi) is 6.54. The van der Waals surface area contributed by atoms with Gasteiger partial charge in [0.25, 0.3) is 12.3 Å². The van der Waals surface area contributed by atoms with Crippen LogP contribution in [-0.4, -0.2) is 80.7 Å². The summed E-state index contributed by atoms with van der Waals surface area (Å²) < 4.78 is 35.0. The number of likely N-dealkylation sites (tertiary alicyclic amines) is 1. The van der Waals surface area contributed by atoms with Gasteiger partial charge in [-0.05, 0) is 30.7 Å². The number of anilines is 2. The first-order valence-corrected chi connectivity index (χ1v) is 12.5. The van der Waals surface area contributed by atoms with Gasteiger partial charge in [0.05, 0.1) is 24.2 Å². The van der Waals surface area contributed by atoms with Gasteiger partial charge >= 0.3 is 0 Å². The molecule has 0 spiro atoms. The molecule has 3 aromatic heterocycles. The number of halogens is 2. The summed E-state index contributed by atoms with van der Waals surface area (Å²) in [5, 5.41) is 3.35. The van der Waals surface area contributed by atoms with Gasteiger partial charge in [-0.3, -0.25) is 14.3 Å². The number of fused-ring (bicyclic) bond motifs is 1. The van der Waals surface area contributed by atoms with Gasteiger partial charge in [-0.25, -0.2) is 13.8 Å². The molecule has 0 unspecified atom stereocenters. The fourth-order valence-electron chi connectivity index (χ4n) is 4.91. The van der Waals surface area contributed by atoms with E-state index < -0.39 is 6.43 Å². The summed E-state index contributed by atoms with van der Waals surface area (Å²) in [6.07, 6.45) is 1.11. The smallest absolute Gasteiger partial charge is 0.296 e. The predicted molar refractivity (Wildman–Crippen MR) is 137 cm³/mol. The minimum atomic E-state index is -2.79. The Morgan fingerprint density at radius 3 is 2.55 bits per heavy atom. The topological polar surface area (TPSA) is 101 Å². The number of carbonyl (C=O) groups excluding carboxylic acids is 1. The van der Waals surface area contributed by atoms with Gasteiger partial charge in [0.15, 0.2) is 5.82 Å². The number of rotatable bonds is 6. The summed E-state index contributed by atoms with van der Waals surface area (Å²) in [4.78, 5) is 34.2. The maximum Gasteiger partial charge on any atom is 0.296 e. The monoisotopic (exact) mass is 520 g/mol. The van der Waals surface area contributed by atoms with Crippen LogP contribution in [0.3, 0.4) is 0 Å². The van der Waals surface area contributed by atoms with Crippen molar-refractivity contribution in [2.24, 2.45) is 0 Å². The number of hydrogen-bond donors (Lipinski definition) is 1. The number of alkyl halides is 2. The lowest BCUT2D eigenvalue weighted by molar-refractivity contribution is 0.0791. The van der Waals surface area contributed by atoms with E-state index in [1.165, 1.54) is 4.57 Å². The normalized spacial score (nSPS) is 17.9. The largest absolute Gasteiger partial charge is 0.378 e. The van der Waals surface area contributed by atoms with Crippen molar-refractivity contribution in [2.75, 3.05) is 49.6 Å². The van der Waals surface area contributed by atoms with Crippen LogP contribution in [0.1, 0.15) is 29.0 Å². The molecule has 2 aliphatic rings. The number of ether oxygens (including phenoxy) is 1. The third-order valence-corrected chi connectivity index (χ3v) is 6.78. The molecule has 2 aliphatic heterocycles. The molecule has 1 aromatic carbocycles. The Balaban J connectivity index is 1.33. The molecule has 38 heavy (non-hydrogen) atoms. The van der Waals surface area contributed by atoms with E-state index in [2.05, 4.69) is 25.2 Å². The van der Waals surface area contributed by atoms with E-state index in [9.17, 15) is 13.6 Å². The van der Waals surface area contributed by atoms with E-state index in [4.69, 9.17) is 9.72 Å². The molecule has 5 heterocycles. The first-order valence-electron chi connectivity index (χ1n) is 12.5. The zero-order valence-corrected chi connectivity index (χ0v) is 20.5. The fraction of sp³-hybridized carbons (Fsp3) is 0.346. The maximum atomic E-state index is 14.1. The average molecular weight is 521 g/mol. The SMILES string of the molecule is O=C(c1ccncc1)N1CC[C@H](Nc2nc(N3CCOCC3)cc(-n3c(C(F)F)nc4ccccc43)n2)C1. The van der Waals surface area contributed by atoms with E-state index in [0.29, 0.717) is 80.0 Å². The molecular weight excluding hydrogens is 494 g/mol. The molecule has 2 saturated heterocycles. The van der Waals surface area contributed by atoms with E-state index >= 15 is 0 Å². The Hall–Kier alpha value is -4.19. The number of aromatic nitrogens is 5. The molecule has 4 aromatic rings. The van der Waals surface area contributed by atoms with Crippen LogP contribution in [0.4, 0.5) is 20.5 Å². The van der Waals surface area contributed by atoms with Crippen molar-refractivity contribution in [3.63, 3.8) is 0 Å². The predicted octanol–water partition coefficient (Wildman–Crippen LogP) is 3.31. The van der Waals surface area contributed by atoms with Crippen LogP contribution in [0.2, 0.25) is 0 Å². The summed E-state index contributed by atoms with van der Waals surface area (Å²) in [5.74, 6) is 0.785. The molecule has 6 rings (SSSR count). The number of para-hydroxylation sites is 2. The summed E-state index contributed by atoms with van der Waals surface area (Å²) in [7, 11) is 0. The summed E-state index contributed by atoms with van der Waals surface area (Å²) in [6.45, 7) is 3.40. The lowest BCUT2D eigenvalue weighted by Crippen LogP contribution is -2.37. The van der Waals surface area contributed by atoms with E-state index in [1.807, 2.05) is 0 Å². The highest BCUT2D eigenvalue weighted by atomic mass is 19.3. The number of hydrogen-bond acceptors (Lipinski definition) is 8. The number of amides is 1. The number of benzene rings is 1. The van der Waals surface area contributed by atoms with Crippen molar-refractivity contribution >= 4 is 28.7 Å². The second kappa shape index (κ2) is 10.3. The Bertz CT molecular complexity index is 1440. The number of nitrogens with one attached hydrogen (secondary N) is 1. The molecule has 1 atom stereocenters. The second-order valence-electron chi connectivity index (χ2n) is 9.22. The third-order valence-electron chi connectivity index (χ3n) is 6.78. The molecule has 1 amide bonds. The van der Waals surface area contributed by atoms with Crippen LogP contribution in [0.25, 0.3) is 16.9 Å². The van der Waals surface area contributed by atoms with Crippen LogP contribution in [0.15, 0.2) is 54.9 Å². The molecule has 10 nitrogen and oxygen atoms in total. The fourth-order valence-corrected chi connectivity index (χ4v) is 4.91. The summed E-state index contributed by atoms with van der Waals surface area (Å²) in [5.41, 5.74) is 1.58. The van der Waals surface area contributed by atoms with Crippen LogP contribution >= 0.6 is 0 Å². The molecule has 0 bridgehead atoms. The number of carbonyl (C=O) groups is 1. The molecule has 0 aliphatic carbocycles. The van der Waals surface area contributed by atoms with E-state index in [0.717, 1.165) is 0 Å². The van der Waals surface area contributed by atoms with Gasteiger partial charge in [-0.2, -0.15) is 9.97 Å². The lowest BCUT2D eigenvalue weighted by Gasteiger charge is -2.28. The zero-order valence-electron chi connectivity index (χ0n) is 20.5. The highest BCUT2D eigenvalue weighted by Crippen LogP contribution is 2.29. The molecule has 2 fully saturated rings. The van der Waals surface area contributed by atoms with Crippen molar-refractivity contribution in [3.05, 3.63) is 66.2 Å². The average Bonchev–Trinajstić information content (AvgIpc) is 3.58. The first-order chi connectivity index (χ1) is 18.6. The minimum Gasteiger partial charge on any atom is -0.378 e. The molecule has 0 saturated carbocycles. The summed E-state index contributed by atoms with van der Waals surface area (Å²) >= 11 is 0. The second-order valence-corrected chi connectivity index (χ2v) is 9.22. The van der Waals surface area contributed by atoms with Gasteiger partial charge < -0.3 is 19.9 Å². The highest BCUT2D eigenvalue weighted by Gasteiger charge is 2.29. The highest BCUT2D eigenvalue weighted by molar-refractivity contribution is 5.94. The molecular formula is C26H26F2N8O2. The number of imidazole rings is 1. The van der Waals surface area contributed by atoms with Crippen LogP contribution in [0.5, 0.6) is 0 Å². The maximum absolute atomic E-state index is 14.1. The third kappa shape index (κ3) is 4.74. The van der Waals surface area contributed by atoms with Gasteiger partial charge in [0.2, 0.25) is 5.95 Å². The number of nitrogens with zero attached hydrogens (tertiary/aromatic N) is 7.